The molecule has 0 spiro atoms. The highest BCUT2D eigenvalue weighted by Crippen LogP contribution is 2.34. The Hall–Kier alpha value is -1.34. The number of rotatable bonds is 4. The lowest BCUT2D eigenvalue weighted by Gasteiger charge is -2.27. The van der Waals surface area contributed by atoms with Gasteiger partial charge < -0.3 is 10.0 Å². The summed E-state index contributed by atoms with van der Waals surface area (Å²) in [6.45, 7) is 1.95. The summed E-state index contributed by atoms with van der Waals surface area (Å²) >= 11 is 7.25. The molecule has 114 valence electrons. The van der Waals surface area contributed by atoms with Gasteiger partial charge in [-0.25, -0.2) is 14.2 Å². The summed E-state index contributed by atoms with van der Waals surface area (Å²) in [5, 5.41) is 8.89. The molecule has 5 nitrogen and oxygen atoms in total. The first-order valence-electron chi connectivity index (χ1n) is 6.43. The minimum absolute atomic E-state index is 0.105. The highest BCUT2D eigenvalue weighted by atomic mass is 35.5. The number of pyridine rings is 1. The highest BCUT2D eigenvalue weighted by Gasteiger charge is 2.42. The van der Waals surface area contributed by atoms with E-state index in [9.17, 15) is 19.1 Å². The summed E-state index contributed by atoms with van der Waals surface area (Å²) in [5.41, 5.74) is -0.105. The molecule has 0 bridgehead atoms. The number of aliphatic carboxylic acids is 1. The normalized spacial score (nSPS) is 21.6. The van der Waals surface area contributed by atoms with E-state index in [0.29, 0.717) is 12.2 Å². The van der Waals surface area contributed by atoms with Gasteiger partial charge in [-0.15, -0.1) is 11.8 Å². The van der Waals surface area contributed by atoms with E-state index in [1.54, 1.807) is 0 Å². The monoisotopic (exact) mass is 332 g/mol. The largest absolute Gasteiger partial charge is 0.480 e. The van der Waals surface area contributed by atoms with Crippen LogP contribution in [-0.2, 0) is 4.79 Å². The maximum absolute atomic E-state index is 13.3. The summed E-state index contributed by atoms with van der Waals surface area (Å²) in [7, 11) is 0. The Morgan fingerprint density at radius 1 is 1.62 bits per heavy atom. The predicted molar refractivity (Wildman–Crippen MR) is 78.0 cm³/mol. The molecule has 1 fully saturated rings. The number of nitrogens with zero attached hydrogens (tertiary/aromatic N) is 2. The number of hydrogen-bond donors (Lipinski definition) is 1. The zero-order valence-electron chi connectivity index (χ0n) is 11.3. The van der Waals surface area contributed by atoms with E-state index in [-0.39, 0.29) is 16.1 Å². The molecule has 21 heavy (non-hydrogen) atoms. The van der Waals surface area contributed by atoms with Crippen LogP contribution in [0, 0.1) is 5.82 Å². The van der Waals surface area contributed by atoms with Crippen molar-refractivity contribution in [1.82, 2.24) is 9.88 Å². The average Bonchev–Trinajstić information content (AvgIpc) is 2.85. The summed E-state index contributed by atoms with van der Waals surface area (Å²) in [6.07, 6.45) is 2.39. The van der Waals surface area contributed by atoms with E-state index in [4.69, 9.17) is 11.6 Å². The van der Waals surface area contributed by atoms with Gasteiger partial charge in [0.05, 0.1) is 17.1 Å². The van der Waals surface area contributed by atoms with Crippen molar-refractivity contribution in [3.63, 3.8) is 0 Å². The number of thioether (sulfide) groups is 1. The number of carboxylic acid groups (broad SMARTS) is 1. The minimum atomic E-state index is -1.07. The van der Waals surface area contributed by atoms with Gasteiger partial charge in [-0.1, -0.05) is 24.9 Å². The highest BCUT2D eigenvalue weighted by molar-refractivity contribution is 8.00. The molecule has 2 rings (SSSR count). The lowest BCUT2D eigenvalue weighted by Crippen LogP contribution is -2.45. The van der Waals surface area contributed by atoms with Gasteiger partial charge in [0.2, 0.25) is 0 Å². The molecule has 0 aromatic carbocycles. The quantitative estimate of drug-likeness (QED) is 0.858. The van der Waals surface area contributed by atoms with Crippen molar-refractivity contribution in [2.24, 2.45) is 0 Å². The van der Waals surface area contributed by atoms with Crippen LogP contribution in [0.5, 0.6) is 0 Å². The number of amides is 1. The van der Waals surface area contributed by atoms with Gasteiger partial charge in [-0.2, -0.15) is 0 Å². The lowest BCUT2D eigenvalue weighted by atomic mass is 10.1. The van der Waals surface area contributed by atoms with E-state index in [1.807, 2.05) is 6.92 Å². The third-order valence-electron chi connectivity index (χ3n) is 3.18. The minimum Gasteiger partial charge on any atom is -0.480 e. The van der Waals surface area contributed by atoms with Gasteiger partial charge in [-0.3, -0.25) is 4.79 Å². The second-order valence-corrected chi connectivity index (χ2v) is 6.20. The first kappa shape index (κ1) is 16.0. The Balaban J connectivity index is 2.36. The summed E-state index contributed by atoms with van der Waals surface area (Å²) in [5.74, 6) is -2.04. The number of halogens is 2. The van der Waals surface area contributed by atoms with Gasteiger partial charge in [0.15, 0.2) is 0 Å². The van der Waals surface area contributed by atoms with Gasteiger partial charge in [0.1, 0.15) is 17.0 Å². The van der Waals surface area contributed by atoms with Gasteiger partial charge in [-0.05, 0) is 12.5 Å². The standard InChI is InChI=1S/C13H14ClFN2O3S/c1-2-3-10-17(9(6-21-10)13(19)20)12(18)8-4-7(15)5-16-11(8)14/h4-5,9-10H,2-3,6H2,1H3,(H,19,20). The van der Waals surface area contributed by atoms with Crippen LogP contribution in [0.4, 0.5) is 4.39 Å². The van der Waals surface area contributed by atoms with Crippen LogP contribution in [0.1, 0.15) is 30.1 Å². The molecular weight excluding hydrogens is 319 g/mol. The first-order valence-corrected chi connectivity index (χ1v) is 7.86. The Bertz CT molecular complexity index is 572. The molecule has 1 aromatic rings. The topological polar surface area (TPSA) is 70.5 Å². The van der Waals surface area contributed by atoms with Crippen LogP contribution in [0.25, 0.3) is 0 Å². The van der Waals surface area contributed by atoms with E-state index >= 15 is 0 Å². The SMILES string of the molecule is CCCC1SCC(C(=O)O)N1C(=O)c1cc(F)cnc1Cl. The summed E-state index contributed by atoms with van der Waals surface area (Å²) in [6, 6.07) is 0.0566. The second-order valence-electron chi connectivity index (χ2n) is 4.64. The molecule has 1 aromatic heterocycles. The van der Waals surface area contributed by atoms with Crippen LogP contribution in [0.3, 0.4) is 0 Å². The van der Waals surface area contributed by atoms with Crippen molar-refractivity contribution < 1.29 is 19.1 Å². The third kappa shape index (κ3) is 3.29. The van der Waals surface area contributed by atoms with Crippen molar-refractivity contribution in [1.29, 1.82) is 0 Å². The molecule has 2 unspecified atom stereocenters. The van der Waals surface area contributed by atoms with E-state index in [1.165, 1.54) is 16.7 Å². The smallest absolute Gasteiger partial charge is 0.327 e. The average molecular weight is 333 g/mol. The fraction of sp³-hybridized carbons (Fsp3) is 0.462. The molecule has 1 saturated heterocycles. The zero-order chi connectivity index (χ0) is 15.6. The van der Waals surface area contributed by atoms with Crippen LogP contribution in [0.15, 0.2) is 12.3 Å². The number of carbonyl (C=O) groups is 2. The Labute approximate surface area is 130 Å². The van der Waals surface area contributed by atoms with Crippen LogP contribution in [0.2, 0.25) is 5.15 Å². The molecule has 1 amide bonds. The molecular formula is C13H14ClFN2O3S. The molecule has 2 heterocycles. The Morgan fingerprint density at radius 3 is 2.95 bits per heavy atom. The zero-order valence-corrected chi connectivity index (χ0v) is 12.8. The Morgan fingerprint density at radius 2 is 2.33 bits per heavy atom. The number of carboxylic acids is 1. The predicted octanol–water partition coefficient (Wildman–Crippen LogP) is 2.64. The van der Waals surface area contributed by atoms with Crippen molar-refractivity contribution in [3.8, 4) is 0 Å². The molecule has 0 radical (unpaired) electrons. The fourth-order valence-electron chi connectivity index (χ4n) is 2.21. The van der Waals surface area contributed by atoms with Crippen LogP contribution in [-0.4, -0.2) is 44.0 Å². The van der Waals surface area contributed by atoms with E-state index in [0.717, 1.165) is 18.7 Å². The van der Waals surface area contributed by atoms with Crippen LogP contribution < -0.4 is 0 Å². The third-order valence-corrected chi connectivity index (χ3v) is 4.84. The molecule has 1 aliphatic rings. The van der Waals surface area contributed by atoms with Gasteiger partial charge >= 0.3 is 5.97 Å². The molecule has 0 aliphatic carbocycles. The summed E-state index contributed by atoms with van der Waals surface area (Å²) in [4.78, 5) is 28.8. The maximum atomic E-state index is 13.3. The fourth-order valence-corrected chi connectivity index (χ4v) is 3.90. The van der Waals surface area contributed by atoms with Crippen molar-refractivity contribution >= 4 is 35.2 Å². The van der Waals surface area contributed by atoms with Gasteiger partial charge in [0, 0.05) is 5.75 Å². The molecule has 0 saturated carbocycles. The molecule has 8 heteroatoms. The molecule has 1 aliphatic heterocycles. The lowest BCUT2D eigenvalue weighted by molar-refractivity contribution is -0.141. The molecule has 1 N–H and O–H groups in total. The number of carbonyl (C=O) groups excluding carboxylic acids is 1. The maximum Gasteiger partial charge on any atom is 0.327 e. The van der Waals surface area contributed by atoms with Crippen molar-refractivity contribution in [2.45, 2.75) is 31.2 Å². The van der Waals surface area contributed by atoms with E-state index in [2.05, 4.69) is 4.98 Å². The van der Waals surface area contributed by atoms with E-state index < -0.39 is 23.7 Å². The van der Waals surface area contributed by atoms with Gasteiger partial charge in [0.25, 0.3) is 5.91 Å². The molecule has 2 atom stereocenters. The van der Waals surface area contributed by atoms with Crippen molar-refractivity contribution in [2.75, 3.05) is 5.75 Å². The number of aromatic nitrogens is 1. The van der Waals surface area contributed by atoms with Crippen molar-refractivity contribution in [3.05, 3.63) is 28.8 Å². The van der Waals surface area contributed by atoms with Crippen LogP contribution >= 0.6 is 23.4 Å². The number of hydrogen-bond acceptors (Lipinski definition) is 4. The summed E-state index contributed by atoms with van der Waals surface area (Å²) < 4.78 is 13.3. The first-order chi connectivity index (χ1) is 9.95. The Kier molecular flexibility index (Phi) is 5.05. The second kappa shape index (κ2) is 6.62.